The number of likely N-dealkylation sites (N-methyl/N-ethyl adjacent to an activating group) is 1. The number of aromatic nitrogens is 3. The number of fused-ring (bicyclic) bond motifs is 1. The summed E-state index contributed by atoms with van der Waals surface area (Å²) in [5, 5.41) is 7.67. The van der Waals surface area contributed by atoms with Crippen LogP contribution < -0.4 is 10.2 Å². The van der Waals surface area contributed by atoms with Crippen molar-refractivity contribution < 1.29 is 4.74 Å². The van der Waals surface area contributed by atoms with E-state index in [2.05, 4.69) is 27.2 Å². The van der Waals surface area contributed by atoms with Crippen LogP contribution in [0.3, 0.4) is 0 Å². The molecule has 0 amide bonds. The minimum Gasteiger partial charge on any atom is -0.373 e. The minimum atomic E-state index is 0.201. The number of aryl methyl sites for hydroxylation is 1. The van der Waals surface area contributed by atoms with Crippen molar-refractivity contribution in [2.75, 3.05) is 38.2 Å². The third-order valence-electron chi connectivity index (χ3n) is 3.34. The second-order valence-electron chi connectivity index (χ2n) is 4.92. The van der Waals surface area contributed by atoms with E-state index < -0.39 is 0 Å². The molecule has 1 unspecified atom stereocenters. The summed E-state index contributed by atoms with van der Waals surface area (Å²) in [5.41, 5.74) is 2.09. The van der Waals surface area contributed by atoms with Gasteiger partial charge in [0.1, 0.15) is 0 Å². The molecule has 0 aromatic carbocycles. The van der Waals surface area contributed by atoms with Gasteiger partial charge < -0.3 is 15.0 Å². The fourth-order valence-corrected chi connectivity index (χ4v) is 2.36. The quantitative estimate of drug-likeness (QED) is 0.870. The van der Waals surface area contributed by atoms with E-state index in [1.165, 1.54) is 5.56 Å². The molecular formula is C13H19N5O. The normalized spacial score (nSPS) is 20.1. The summed E-state index contributed by atoms with van der Waals surface area (Å²) in [6.45, 7) is 5.31. The van der Waals surface area contributed by atoms with Crippen LogP contribution in [0.4, 0.5) is 5.95 Å². The maximum atomic E-state index is 5.70. The van der Waals surface area contributed by atoms with Gasteiger partial charge in [-0.15, -0.1) is 5.10 Å². The van der Waals surface area contributed by atoms with E-state index in [0.717, 1.165) is 37.8 Å². The predicted molar refractivity (Wildman–Crippen MR) is 73.6 cm³/mol. The lowest BCUT2D eigenvalue weighted by Gasteiger charge is -2.31. The van der Waals surface area contributed by atoms with Crippen molar-refractivity contribution >= 4 is 11.6 Å². The SMILES string of the molecule is CNCC1CN(c2nc3cc(C)ccn3n2)CCO1. The van der Waals surface area contributed by atoms with Crippen molar-refractivity contribution in [1.29, 1.82) is 0 Å². The first kappa shape index (κ1) is 12.4. The molecular weight excluding hydrogens is 242 g/mol. The largest absolute Gasteiger partial charge is 0.373 e. The molecule has 6 nitrogen and oxygen atoms in total. The number of pyridine rings is 1. The van der Waals surface area contributed by atoms with Gasteiger partial charge in [-0.3, -0.25) is 0 Å². The summed E-state index contributed by atoms with van der Waals surface area (Å²) in [6, 6.07) is 4.08. The van der Waals surface area contributed by atoms with Gasteiger partial charge in [-0.25, -0.2) is 4.52 Å². The molecule has 3 heterocycles. The van der Waals surface area contributed by atoms with Gasteiger partial charge in [0.15, 0.2) is 5.65 Å². The maximum absolute atomic E-state index is 5.70. The molecule has 0 spiro atoms. The lowest BCUT2D eigenvalue weighted by molar-refractivity contribution is 0.0416. The second kappa shape index (κ2) is 5.14. The van der Waals surface area contributed by atoms with Crippen molar-refractivity contribution in [3.8, 4) is 0 Å². The first-order chi connectivity index (χ1) is 9.26. The summed E-state index contributed by atoms with van der Waals surface area (Å²) in [6.07, 6.45) is 2.15. The third-order valence-corrected chi connectivity index (χ3v) is 3.34. The molecule has 2 aromatic heterocycles. The lowest BCUT2D eigenvalue weighted by atomic mass is 10.3. The molecule has 1 fully saturated rings. The molecule has 1 saturated heterocycles. The Balaban J connectivity index is 1.83. The van der Waals surface area contributed by atoms with Gasteiger partial charge in [-0.05, 0) is 31.7 Å². The molecule has 0 radical (unpaired) electrons. The van der Waals surface area contributed by atoms with E-state index in [0.29, 0.717) is 0 Å². The Bertz CT molecular complexity index is 565. The summed E-state index contributed by atoms with van der Waals surface area (Å²) < 4.78 is 7.52. The van der Waals surface area contributed by atoms with Gasteiger partial charge >= 0.3 is 0 Å². The van der Waals surface area contributed by atoms with Gasteiger partial charge in [0.05, 0.1) is 12.7 Å². The standard InChI is InChI=1S/C13H19N5O/c1-10-3-4-18-12(7-10)15-13(16-18)17-5-6-19-11(9-17)8-14-2/h3-4,7,11,14H,5-6,8-9H2,1-2H3. The highest BCUT2D eigenvalue weighted by atomic mass is 16.5. The molecule has 6 heteroatoms. The Morgan fingerprint density at radius 1 is 1.53 bits per heavy atom. The van der Waals surface area contributed by atoms with E-state index >= 15 is 0 Å². The van der Waals surface area contributed by atoms with Crippen LogP contribution in [-0.2, 0) is 4.74 Å². The van der Waals surface area contributed by atoms with Gasteiger partial charge in [-0.1, -0.05) is 0 Å². The molecule has 1 aliphatic rings. The van der Waals surface area contributed by atoms with E-state index in [-0.39, 0.29) is 6.10 Å². The number of rotatable bonds is 3. The van der Waals surface area contributed by atoms with Crippen molar-refractivity contribution in [3.63, 3.8) is 0 Å². The number of hydrogen-bond donors (Lipinski definition) is 1. The molecule has 0 aliphatic carbocycles. The monoisotopic (exact) mass is 261 g/mol. The fraction of sp³-hybridized carbons (Fsp3) is 0.538. The molecule has 19 heavy (non-hydrogen) atoms. The highest BCUT2D eigenvalue weighted by Gasteiger charge is 2.22. The highest BCUT2D eigenvalue weighted by molar-refractivity contribution is 5.46. The number of nitrogens with one attached hydrogen (secondary N) is 1. The number of morpholine rings is 1. The van der Waals surface area contributed by atoms with Crippen LogP contribution in [0.5, 0.6) is 0 Å². The van der Waals surface area contributed by atoms with Crippen molar-refractivity contribution in [2.24, 2.45) is 0 Å². The van der Waals surface area contributed by atoms with E-state index in [1.807, 2.05) is 29.9 Å². The van der Waals surface area contributed by atoms with Gasteiger partial charge in [0.2, 0.25) is 5.95 Å². The highest BCUT2D eigenvalue weighted by Crippen LogP contribution is 2.15. The van der Waals surface area contributed by atoms with Crippen LogP contribution in [0.25, 0.3) is 5.65 Å². The maximum Gasteiger partial charge on any atom is 0.245 e. The second-order valence-corrected chi connectivity index (χ2v) is 4.92. The van der Waals surface area contributed by atoms with Crippen LogP contribution in [0.2, 0.25) is 0 Å². The van der Waals surface area contributed by atoms with Gasteiger partial charge in [0.25, 0.3) is 0 Å². The fourth-order valence-electron chi connectivity index (χ4n) is 2.36. The summed E-state index contributed by atoms with van der Waals surface area (Å²) in [5.74, 6) is 0.787. The molecule has 2 aromatic rings. The minimum absolute atomic E-state index is 0.201. The topological polar surface area (TPSA) is 54.7 Å². The zero-order valence-electron chi connectivity index (χ0n) is 11.3. The molecule has 1 N–H and O–H groups in total. The molecule has 3 rings (SSSR count). The predicted octanol–water partition coefficient (Wildman–Crippen LogP) is 0.462. The van der Waals surface area contributed by atoms with Gasteiger partial charge in [-0.2, -0.15) is 4.98 Å². The number of nitrogens with zero attached hydrogens (tertiary/aromatic N) is 4. The number of anilines is 1. The Morgan fingerprint density at radius 3 is 3.26 bits per heavy atom. The van der Waals surface area contributed by atoms with Crippen LogP contribution in [0.15, 0.2) is 18.3 Å². The van der Waals surface area contributed by atoms with E-state index in [4.69, 9.17) is 4.74 Å². The number of hydrogen-bond acceptors (Lipinski definition) is 5. The Labute approximate surface area is 112 Å². The Hall–Kier alpha value is -1.66. The first-order valence-corrected chi connectivity index (χ1v) is 6.60. The van der Waals surface area contributed by atoms with Gasteiger partial charge in [0, 0.05) is 25.8 Å². The zero-order valence-corrected chi connectivity index (χ0v) is 11.3. The van der Waals surface area contributed by atoms with Crippen molar-refractivity contribution in [2.45, 2.75) is 13.0 Å². The van der Waals surface area contributed by atoms with Crippen LogP contribution >= 0.6 is 0 Å². The third kappa shape index (κ3) is 2.54. The molecule has 1 atom stereocenters. The summed E-state index contributed by atoms with van der Waals surface area (Å²) in [7, 11) is 1.94. The molecule has 0 bridgehead atoms. The van der Waals surface area contributed by atoms with E-state index in [9.17, 15) is 0 Å². The molecule has 1 aliphatic heterocycles. The van der Waals surface area contributed by atoms with Crippen molar-refractivity contribution in [3.05, 3.63) is 23.9 Å². The first-order valence-electron chi connectivity index (χ1n) is 6.60. The van der Waals surface area contributed by atoms with Crippen LogP contribution in [0, 0.1) is 6.92 Å². The van der Waals surface area contributed by atoms with E-state index in [1.54, 1.807) is 0 Å². The van der Waals surface area contributed by atoms with Crippen LogP contribution in [-0.4, -0.2) is 54.0 Å². The zero-order chi connectivity index (χ0) is 13.2. The number of ether oxygens (including phenoxy) is 1. The van der Waals surface area contributed by atoms with Crippen LogP contribution in [0.1, 0.15) is 5.56 Å². The average molecular weight is 261 g/mol. The summed E-state index contributed by atoms with van der Waals surface area (Å²) >= 11 is 0. The Morgan fingerprint density at radius 2 is 2.42 bits per heavy atom. The molecule has 0 saturated carbocycles. The Kier molecular flexibility index (Phi) is 3.35. The smallest absolute Gasteiger partial charge is 0.245 e. The molecule has 102 valence electrons. The van der Waals surface area contributed by atoms with Crippen molar-refractivity contribution in [1.82, 2.24) is 19.9 Å². The summed E-state index contributed by atoms with van der Waals surface area (Å²) in [4.78, 5) is 6.78. The lowest BCUT2D eigenvalue weighted by Crippen LogP contribution is -2.46. The average Bonchev–Trinajstić information content (AvgIpc) is 2.82.